The van der Waals surface area contributed by atoms with Gasteiger partial charge >= 0.3 is 0 Å². The van der Waals surface area contributed by atoms with Crippen LogP contribution in [0.5, 0.6) is 0 Å². The van der Waals surface area contributed by atoms with Crippen LogP contribution in [0, 0.1) is 11.3 Å². The van der Waals surface area contributed by atoms with Crippen LogP contribution in [0.15, 0.2) is 46.9 Å². The van der Waals surface area contributed by atoms with Crippen LogP contribution in [0.25, 0.3) is 0 Å². The number of rotatable bonds is 4. The maximum Gasteiger partial charge on any atom is 0.0991 e. The van der Waals surface area contributed by atoms with Crippen molar-refractivity contribution in [2.75, 3.05) is 11.9 Å². The van der Waals surface area contributed by atoms with E-state index < -0.39 is 6.10 Å². The third-order valence-corrected chi connectivity index (χ3v) is 4.26. The zero-order chi connectivity index (χ0) is 14.5. The lowest BCUT2D eigenvalue weighted by molar-refractivity contribution is 0.191. The summed E-state index contributed by atoms with van der Waals surface area (Å²) in [5.74, 6) is 0. The van der Waals surface area contributed by atoms with Crippen molar-refractivity contribution < 1.29 is 5.11 Å². The number of hydrogen-bond donors (Lipinski definition) is 2. The number of anilines is 1. The molecule has 3 nitrogen and oxygen atoms in total. The first-order valence-corrected chi connectivity index (χ1v) is 7.15. The zero-order valence-corrected chi connectivity index (χ0v) is 12.8. The summed E-state index contributed by atoms with van der Waals surface area (Å²) < 4.78 is 0.772. The number of halogens is 2. The Balaban J connectivity index is 2.03. The van der Waals surface area contributed by atoms with Gasteiger partial charge in [-0.05, 0) is 45.8 Å². The van der Waals surface area contributed by atoms with Gasteiger partial charge < -0.3 is 10.4 Å². The molecule has 0 aliphatic heterocycles. The Morgan fingerprint density at radius 2 is 1.95 bits per heavy atom. The van der Waals surface area contributed by atoms with Gasteiger partial charge in [0.05, 0.1) is 32.9 Å². The fourth-order valence-corrected chi connectivity index (χ4v) is 2.32. The Hall–Kier alpha value is -1.54. The van der Waals surface area contributed by atoms with Gasteiger partial charge in [-0.15, -0.1) is 0 Å². The van der Waals surface area contributed by atoms with Gasteiger partial charge in [0.1, 0.15) is 0 Å². The number of hydrogen-bond acceptors (Lipinski definition) is 3. The lowest BCUT2D eigenvalue weighted by Crippen LogP contribution is -2.12. The second-order valence-corrected chi connectivity index (χ2v) is 5.43. The van der Waals surface area contributed by atoms with Crippen molar-refractivity contribution in [3.05, 3.63) is 63.1 Å². The molecule has 1 atom stereocenters. The van der Waals surface area contributed by atoms with Crippen LogP contribution in [0.3, 0.4) is 0 Å². The van der Waals surface area contributed by atoms with Gasteiger partial charge in [-0.1, -0.05) is 29.8 Å². The Labute approximate surface area is 130 Å². The summed E-state index contributed by atoms with van der Waals surface area (Å²) in [6, 6.07) is 14.4. The number of nitrogens with one attached hydrogen (secondary N) is 1. The Bertz CT molecular complexity index is 637. The first-order valence-electron chi connectivity index (χ1n) is 5.98. The maximum absolute atomic E-state index is 10.1. The van der Waals surface area contributed by atoms with E-state index in [2.05, 4.69) is 21.2 Å². The molecule has 2 aromatic rings. The van der Waals surface area contributed by atoms with Gasteiger partial charge in [0.15, 0.2) is 0 Å². The van der Waals surface area contributed by atoms with E-state index in [1.54, 1.807) is 30.3 Å². The van der Waals surface area contributed by atoms with Crippen LogP contribution in [-0.4, -0.2) is 11.7 Å². The summed E-state index contributed by atoms with van der Waals surface area (Å²) in [6.07, 6.45) is -0.659. The highest BCUT2D eigenvalue weighted by atomic mass is 79.9. The highest BCUT2D eigenvalue weighted by Crippen LogP contribution is 2.30. The molecule has 0 aromatic heterocycles. The molecule has 0 heterocycles. The third-order valence-electron chi connectivity index (χ3n) is 2.86. The number of nitrogens with zero attached hydrogens (tertiary/aromatic N) is 1. The van der Waals surface area contributed by atoms with Crippen LogP contribution >= 0.6 is 27.5 Å². The second-order valence-electron chi connectivity index (χ2n) is 4.23. The summed E-state index contributed by atoms with van der Waals surface area (Å²) >= 11 is 9.39. The van der Waals surface area contributed by atoms with Gasteiger partial charge in [0, 0.05) is 6.54 Å². The molecule has 1 unspecified atom stereocenters. The van der Waals surface area contributed by atoms with Gasteiger partial charge in [0.25, 0.3) is 0 Å². The standard InChI is InChI=1S/C15H12BrClN2O/c16-15-12(17)2-1-3-13(15)19-9-14(20)11-6-4-10(8-18)5-7-11/h1-7,14,19-20H,9H2. The summed E-state index contributed by atoms with van der Waals surface area (Å²) in [4.78, 5) is 0. The minimum absolute atomic E-state index is 0.352. The highest BCUT2D eigenvalue weighted by molar-refractivity contribution is 9.10. The molecule has 0 amide bonds. The van der Waals surface area contributed by atoms with E-state index in [-0.39, 0.29) is 0 Å². The summed E-state index contributed by atoms with van der Waals surface area (Å²) in [5, 5.41) is 22.6. The smallest absolute Gasteiger partial charge is 0.0991 e. The molecule has 0 aliphatic rings. The lowest BCUT2D eigenvalue weighted by atomic mass is 10.1. The highest BCUT2D eigenvalue weighted by Gasteiger charge is 2.09. The number of aliphatic hydroxyl groups excluding tert-OH is 1. The fraction of sp³-hybridized carbons (Fsp3) is 0.133. The van der Waals surface area contributed by atoms with E-state index in [9.17, 15) is 5.11 Å². The quantitative estimate of drug-likeness (QED) is 0.871. The third kappa shape index (κ3) is 3.51. The van der Waals surface area contributed by atoms with Crippen molar-refractivity contribution in [1.82, 2.24) is 0 Å². The molecule has 2 aromatic carbocycles. The predicted molar refractivity (Wildman–Crippen MR) is 83.8 cm³/mol. The SMILES string of the molecule is N#Cc1ccc(C(O)CNc2cccc(Cl)c2Br)cc1. The Morgan fingerprint density at radius 1 is 1.25 bits per heavy atom. The average molecular weight is 352 g/mol. The molecule has 2 N–H and O–H groups in total. The number of nitriles is 1. The van der Waals surface area contributed by atoms with Crippen molar-refractivity contribution in [2.24, 2.45) is 0 Å². The second kappa shape index (κ2) is 6.76. The molecular weight excluding hydrogens is 340 g/mol. The summed E-state index contributed by atoms with van der Waals surface area (Å²) in [6.45, 7) is 0.352. The van der Waals surface area contributed by atoms with Gasteiger partial charge in [-0.25, -0.2) is 0 Å². The molecule has 2 rings (SSSR count). The van der Waals surface area contributed by atoms with Crippen LogP contribution in [-0.2, 0) is 0 Å². The van der Waals surface area contributed by atoms with Crippen molar-refractivity contribution in [3.8, 4) is 6.07 Å². The molecular formula is C15H12BrClN2O. The van der Waals surface area contributed by atoms with Crippen molar-refractivity contribution in [1.29, 1.82) is 5.26 Å². The molecule has 102 valence electrons. The van der Waals surface area contributed by atoms with Crippen LogP contribution < -0.4 is 5.32 Å². The van der Waals surface area contributed by atoms with Crippen molar-refractivity contribution in [3.63, 3.8) is 0 Å². The number of benzene rings is 2. The average Bonchev–Trinajstić information content (AvgIpc) is 2.48. The number of aliphatic hydroxyl groups is 1. The monoisotopic (exact) mass is 350 g/mol. The Morgan fingerprint density at radius 3 is 2.60 bits per heavy atom. The minimum atomic E-state index is -0.659. The largest absolute Gasteiger partial charge is 0.387 e. The molecule has 0 radical (unpaired) electrons. The van der Waals surface area contributed by atoms with E-state index >= 15 is 0 Å². The normalized spacial score (nSPS) is 11.7. The maximum atomic E-state index is 10.1. The molecule has 0 aliphatic carbocycles. The van der Waals surface area contributed by atoms with Crippen LogP contribution in [0.2, 0.25) is 5.02 Å². The molecule has 20 heavy (non-hydrogen) atoms. The summed E-state index contributed by atoms with van der Waals surface area (Å²) in [7, 11) is 0. The molecule has 0 saturated carbocycles. The van der Waals surface area contributed by atoms with Crippen LogP contribution in [0.1, 0.15) is 17.2 Å². The molecule has 5 heteroatoms. The zero-order valence-electron chi connectivity index (χ0n) is 10.5. The summed E-state index contributed by atoms with van der Waals surface area (Å²) in [5.41, 5.74) is 2.16. The molecule has 0 fully saturated rings. The van der Waals surface area contributed by atoms with E-state index in [4.69, 9.17) is 16.9 Å². The van der Waals surface area contributed by atoms with E-state index in [0.717, 1.165) is 15.7 Å². The van der Waals surface area contributed by atoms with Gasteiger partial charge in [-0.2, -0.15) is 5.26 Å². The molecule has 0 spiro atoms. The Kier molecular flexibility index (Phi) is 5.02. The first kappa shape index (κ1) is 14.9. The lowest BCUT2D eigenvalue weighted by Gasteiger charge is -2.14. The fourth-order valence-electron chi connectivity index (χ4n) is 1.74. The first-order chi connectivity index (χ1) is 9.61. The van der Waals surface area contributed by atoms with E-state index in [1.165, 1.54) is 0 Å². The van der Waals surface area contributed by atoms with Crippen molar-refractivity contribution in [2.45, 2.75) is 6.10 Å². The topological polar surface area (TPSA) is 56.0 Å². The van der Waals surface area contributed by atoms with E-state index in [1.807, 2.05) is 18.2 Å². The molecule has 0 saturated heterocycles. The molecule has 0 bridgehead atoms. The van der Waals surface area contributed by atoms with Gasteiger partial charge in [-0.3, -0.25) is 0 Å². The predicted octanol–water partition coefficient (Wildman–Crippen LogP) is 4.12. The van der Waals surface area contributed by atoms with E-state index in [0.29, 0.717) is 17.1 Å². The van der Waals surface area contributed by atoms with Gasteiger partial charge in [0.2, 0.25) is 0 Å². The van der Waals surface area contributed by atoms with Crippen molar-refractivity contribution >= 4 is 33.2 Å². The minimum Gasteiger partial charge on any atom is -0.387 e. The van der Waals surface area contributed by atoms with Crippen LogP contribution in [0.4, 0.5) is 5.69 Å².